The Labute approximate surface area is 87.9 Å². The monoisotopic (exact) mass is 214 g/mol. The van der Waals surface area contributed by atoms with Gasteiger partial charge in [0.25, 0.3) is 0 Å². The van der Waals surface area contributed by atoms with Gasteiger partial charge < -0.3 is 4.79 Å². The number of halogens is 2. The van der Waals surface area contributed by atoms with E-state index in [0.717, 1.165) is 6.29 Å². The molecule has 0 spiro atoms. The molecule has 0 bridgehead atoms. The molecule has 0 fully saturated rings. The molecule has 0 saturated heterocycles. The van der Waals surface area contributed by atoms with Crippen LogP contribution in [0.5, 0.6) is 0 Å². The summed E-state index contributed by atoms with van der Waals surface area (Å²) in [5, 5.41) is 0.101. The van der Waals surface area contributed by atoms with Crippen LogP contribution in [0, 0.1) is 11.2 Å². The van der Waals surface area contributed by atoms with E-state index in [2.05, 4.69) is 0 Å². The van der Waals surface area contributed by atoms with Gasteiger partial charge in [-0.2, -0.15) is 0 Å². The highest BCUT2D eigenvalue weighted by molar-refractivity contribution is 6.30. The first-order valence-electron chi connectivity index (χ1n) is 4.35. The van der Waals surface area contributed by atoms with Crippen LogP contribution in [0.2, 0.25) is 5.02 Å². The molecule has 0 N–H and O–H groups in total. The van der Waals surface area contributed by atoms with E-state index in [9.17, 15) is 9.18 Å². The van der Waals surface area contributed by atoms with Crippen molar-refractivity contribution >= 4 is 17.9 Å². The Hall–Kier alpha value is -0.890. The van der Waals surface area contributed by atoms with E-state index >= 15 is 0 Å². The molecule has 0 aromatic heterocycles. The molecule has 14 heavy (non-hydrogen) atoms. The van der Waals surface area contributed by atoms with E-state index in [1.165, 1.54) is 6.07 Å². The number of aldehydes is 1. The summed E-state index contributed by atoms with van der Waals surface area (Å²) < 4.78 is 13.4. The first-order chi connectivity index (χ1) is 6.46. The zero-order valence-corrected chi connectivity index (χ0v) is 8.94. The normalized spacial score (nSPS) is 11.4. The molecule has 0 radical (unpaired) electrons. The van der Waals surface area contributed by atoms with Gasteiger partial charge in [0.15, 0.2) is 0 Å². The zero-order chi connectivity index (χ0) is 10.8. The maximum Gasteiger partial charge on any atom is 0.145 e. The highest BCUT2D eigenvalue weighted by atomic mass is 35.5. The van der Waals surface area contributed by atoms with Crippen LogP contribution >= 0.6 is 11.6 Å². The first-order valence-corrected chi connectivity index (χ1v) is 4.73. The van der Waals surface area contributed by atoms with Gasteiger partial charge in [0.1, 0.15) is 12.1 Å². The molecular weight excluding hydrogens is 203 g/mol. The van der Waals surface area contributed by atoms with Gasteiger partial charge >= 0.3 is 0 Å². The summed E-state index contributed by atoms with van der Waals surface area (Å²) in [6, 6.07) is 4.82. The average Bonchev–Trinajstić information content (AvgIpc) is 2.13. The molecule has 0 saturated carbocycles. The Morgan fingerprint density at radius 3 is 2.71 bits per heavy atom. The predicted octanol–water partition coefficient (Wildman–Crippen LogP) is 3.25. The molecule has 0 aliphatic carbocycles. The minimum Gasteiger partial charge on any atom is -0.303 e. The molecule has 0 aliphatic rings. The van der Waals surface area contributed by atoms with Crippen LogP contribution in [0.1, 0.15) is 19.4 Å². The molecular formula is C11H12ClFO. The maximum absolute atomic E-state index is 13.4. The third-order valence-electron chi connectivity index (χ3n) is 2.00. The lowest BCUT2D eigenvalue weighted by Gasteiger charge is -2.17. The largest absolute Gasteiger partial charge is 0.303 e. The second-order valence-electron chi connectivity index (χ2n) is 4.00. The molecule has 1 rings (SSSR count). The molecule has 3 heteroatoms. The fourth-order valence-electron chi connectivity index (χ4n) is 1.22. The van der Waals surface area contributed by atoms with Gasteiger partial charge in [-0.15, -0.1) is 0 Å². The molecule has 76 valence electrons. The van der Waals surface area contributed by atoms with E-state index in [1.807, 2.05) is 0 Å². The summed E-state index contributed by atoms with van der Waals surface area (Å²) in [4.78, 5) is 10.7. The van der Waals surface area contributed by atoms with E-state index in [-0.39, 0.29) is 5.02 Å². The van der Waals surface area contributed by atoms with E-state index in [1.54, 1.807) is 26.0 Å². The van der Waals surface area contributed by atoms with Gasteiger partial charge in [0, 0.05) is 5.41 Å². The summed E-state index contributed by atoms with van der Waals surface area (Å²) in [6.07, 6.45) is 1.19. The van der Waals surface area contributed by atoms with Crippen LogP contribution in [-0.4, -0.2) is 6.29 Å². The molecule has 1 aromatic carbocycles. The lowest BCUT2D eigenvalue weighted by atomic mass is 9.87. The van der Waals surface area contributed by atoms with Crippen molar-refractivity contribution in [2.45, 2.75) is 20.3 Å². The highest BCUT2D eigenvalue weighted by Gasteiger charge is 2.19. The Morgan fingerprint density at radius 1 is 1.50 bits per heavy atom. The standard InChI is InChI=1S/C11H12ClFO/c1-11(2,7-14)6-8-4-3-5-9(12)10(8)13/h3-5,7H,6H2,1-2H3. The quantitative estimate of drug-likeness (QED) is 0.706. The predicted molar refractivity (Wildman–Crippen MR) is 55.0 cm³/mol. The van der Waals surface area contributed by atoms with Gasteiger partial charge in [-0.1, -0.05) is 37.6 Å². The van der Waals surface area contributed by atoms with E-state index in [4.69, 9.17) is 11.6 Å². The van der Waals surface area contributed by atoms with Crippen molar-refractivity contribution in [3.8, 4) is 0 Å². The van der Waals surface area contributed by atoms with Crippen molar-refractivity contribution in [1.82, 2.24) is 0 Å². The van der Waals surface area contributed by atoms with Crippen molar-refractivity contribution in [3.63, 3.8) is 0 Å². The Balaban J connectivity index is 2.98. The topological polar surface area (TPSA) is 17.1 Å². The number of hydrogen-bond acceptors (Lipinski definition) is 1. The third kappa shape index (κ3) is 2.55. The number of rotatable bonds is 3. The van der Waals surface area contributed by atoms with Crippen molar-refractivity contribution in [2.24, 2.45) is 5.41 Å². The third-order valence-corrected chi connectivity index (χ3v) is 2.29. The molecule has 1 aromatic rings. The molecule has 0 amide bonds. The summed E-state index contributed by atoms with van der Waals surface area (Å²) in [5.74, 6) is -0.427. The van der Waals surface area contributed by atoms with E-state index < -0.39 is 11.2 Å². The Morgan fingerprint density at radius 2 is 2.14 bits per heavy atom. The molecule has 0 heterocycles. The van der Waals surface area contributed by atoms with Crippen molar-refractivity contribution in [2.75, 3.05) is 0 Å². The molecule has 1 nitrogen and oxygen atoms in total. The Kier molecular flexibility index (Phi) is 3.27. The molecule has 0 unspecified atom stereocenters. The van der Waals surface area contributed by atoms with E-state index in [0.29, 0.717) is 12.0 Å². The fraction of sp³-hybridized carbons (Fsp3) is 0.364. The highest BCUT2D eigenvalue weighted by Crippen LogP contribution is 2.24. The molecule has 0 atom stereocenters. The number of hydrogen-bond donors (Lipinski definition) is 0. The average molecular weight is 215 g/mol. The van der Waals surface area contributed by atoms with Gasteiger partial charge in [0.2, 0.25) is 0 Å². The van der Waals surface area contributed by atoms with Gasteiger partial charge in [-0.25, -0.2) is 4.39 Å². The second kappa shape index (κ2) is 4.09. The van der Waals surface area contributed by atoms with Crippen LogP contribution in [-0.2, 0) is 11.2 Å². The fourth-order valence-corrected chi connectivity index (χ4v) is 1.41. The smallest absolute Gasteiger partial charge is 0.145 e. The first kappa shape index (κ1) is 11.2. The lowest BCUT2D eigenvalue weighted by Crippen LogP contribution is -2.17. The summed E-state index contributed by atoms with van der Waals surface area (Å²) in [5.41, 5.74) is -0.0690. The number of carbonyl (C=O) groups excluding carboxylic acids is 1. The lowest BCUT2D eigenvalue weighted by molar-refractivity contribution is -0.114. The summed E-state index contributed by atoms with van der Waals surface area (Å²) in [7, 11) is 0. The van der Waals surface area contributed by atoms with Crippen LogP contribution in [0.3, 0.4) is 0 Å². The SMILES string of the molecule is CC(C)(C=O)Cc1cccc(Cl)c1F. The van der Waals surface area contributed by atoms with Crippen molar-refractivity contribution in [3.05, 3.63) is 34.6 Å². The van der Waals surface area contributed by atoms with Crippen molar-refractivity contribution < 1.29 is 9.18 Å². The van der Waals surface area contributed by atoms with Crippen molar-refractivity contribution in [1.29, 1.82) is 0 Å². The van der Waals surface area contributed by atoms with Gasteiger partial charge in [-0.3, -0.25) is 0 Å². The van der Waals surface area contributed by atoms with Crippen LogP contribution in [0.25, 0.3) is 0 Å². The van der Waals surface area contributed by atoms with Crippen LogP contribution < -0.4 is 0 Å². The van der Waals surface area contributed by atoms with Gasteiger partial charge in [0.05, 0.1) is 5.02 Å². The van der Waals surface area contributed by atoms with Crippen LogP contribution in [0.15, 0.2) is 18.2 Å². The van der Waals surface area contributed by atoms with Gasteiger partial charge in [-0.05, 0) is 18.1 Å². The summed E-state index contributed by atoms with van der Waals surface area (Å²) in [6.45, 7) is 3.53. The minimum absolute atomic E-state index is 0.101. The summed E-state index contributed by atoms with van der Waals surface area (Å²) >= 11 is 5.62. The number of benzene rings is 1. The maximum atomic E-state index is 13.4. The van der Waals surface area contributed by atoms with Crippen LogP contribution in [0.4, 0.5) is 4.39 Å². The second-order valence-corrected chi connectivity index (χ2v) is 4.40. The Bertz CT molecular complexity index is 347. The minimum atomic E-state index is -0.550. The molecule has 0 aliphatic heterocycles. The number of carbonyl (C=O) groups is 1. The zero-order valence-electron chi connectivity index (χ0n) is 8.18.